The van der Waals surface area contributed by atoms with E-state index in [9.17, 15) is 4.79 Å². The molecule has 1 aromatic carbocycles. The lowest BCUT2D eigenvalue weighted by molar-refractivity contribution is -0.121. The van der Waals surface area contributed by atoms with Crippen LogP contribution in [-0.4, -0.2) is 25.1 Å². The number of hydrogen-bond acceptors (Lipinski definition) is 3. The molecule has 0 spiro atoms. The Kier molecular flexibility index (Phi) is 4.20. The molecule has 0 aliphatic carbocycles. The Morgan fingerprint density at radius 3 is 3.00 bits per heavy atom. The predicted molar refractivity (Wildman–Crippen MR) is 70.6 cm³/mol. The maximum Gasteiger partial charge on any atom is 0.221 e. The molecule has 0 fully saturated rings. The van der Waals surface area contributed by atoms with Crippen molar-refractivity contribution in [3.05, 3.63) is 29.8 Å². The lowest BCUT2D eigenvalue weighted by atomic mass is 10.1. The Labute approximate surface area is 108 Å². The molecule has 4 nitrogen and oxygen atoms in total. The molecule has 1 aliphatic rings. The zero-order chi connectivity index (χ0) is 13.0. The number of amides is 1. The smallest absolute Gasteiger partial charge is 0.221 e. The summed E-state index contributed by atoms with van der Waals surface area (Å²) in [4.78, 5) is 11.5. The van der Waals surface area contributed by atoms with E-state index in [1.807, 2.05) is 32.0 Å². The summed E-state index contributed by atoms with van der Waals surface area (Å²) in [6.07, 6.45) is 0.497. The molecule has 1 atom stereocenters. The Hall–Kier alpha value is -1.55. The van der Waals surface area contributed by atoms with Gasteiger partial charge in [0.05, 0.1) is 6.04 Å². The van der Waals surface area contributed by atoms with Crippen molar-refractivity contribution in [1.82, 2.24) is 10.6 Å². The van der Waals surface area contributed by atoms with Crippen LogP contribution in [0.5, 0.6) is 5.75 Å². The summed E-state index contributed by atoms with van der Waals surface area (Å²) in [6, 6.07) is 8.42. The van der Waals surface area contributed by atoms with Gasteiger partial charge in [-0.1, -0.05) is 18.2 Å². The van der Waals surface area contributed by atoms with Crippen LogP contribution in [0.1, 0.15) is 31.9 Å². The summed E-state index contributed by atoms with van der Waals surface area (Å²) in [5, 5.41) is 6.23. The lowest BCUT2D eigenvalue weighted by Gasteiger charge is -2.12. The van der Waals surface area contributed by atoms with Gasteiger partial charge in [-0.3, -0.25) is 4.79 Å². The molecule has 0 saturated carbocycles. The maximum atomic E-state index is 11.5. The van der Waals surface area contributed by atoms with E-state index in [0.717, 1.165) is 5.75 Å². The second kappa shape index (κ2) is 5.87. The summed E-state index contributed by atoms with van der Waals surface area (Å²) in [5.41, 5.74) is 1.18. The van der Waals surface area contributed by atoms with Crippen LogP contribution in [0.25, 0.3) is 0 Å². The molecule has 18 heavy (non-hydrogen) atoms. The molecule has 98 valence electrons. The number of ether oxygens (including phenoxy) is 1. The van der Waals surface area contributed by atoms with Crippen LogP contribution in [-0.2, 0) is 4.79 Å². The number of carbonyl (C=O) groups is 1. The van der Waals surface area contributed by atoms with Crippen LogP contribution >= 0.6 is 0 Å². The number of rotatable bonds is 5. The monoisotopic (exact) mass is 248 g/mol. The summed E-state index contributed by atoms with van der Waals surface area (Å²) in [5.74, 6) is 1.03. The van der Waals surface area contributed by atoms with Gasteiger partial charge >= 0.3 is 0 Å². The predicted octanol–water partition coefficient (Wildman–Crippen LogP) is 1.62. The van der Waals surface area contributed by atoms with Crippen molar-refractivity contribution in [2.75, 3.05) is 13.2 Å². The molecule has 0 aromatic heterocycles. The van der Waals surface area contributed by atoms with Crippen molar-refractivity contribution in [2.45, 2.75) is 32.4 Å². The van der Waals surface area contributed by atoms with Crippen molar-refractivity contribution in [3.63, 3.8) is 0 Å². The average molecular weight is 248 g/mol. The van der Waals surface area contributed by atoms with Gasteiger partial charge in [-0.05, 0) is 19.9 Å². The highest BCUT2D eigenvalue weighted by atomic mass is 16.5. The highest BCUT2D eigenvalue weighted by Crippen LogP contribution is 2.31. The van der Waals surface area contributed by atoms with Gasteiger partial charge in [0.1, 0.15) is 12.4 Å². The standard InChI is InChI=1S/C14H20N2O2/c1-10(2)16-14(17)7-8-15-12-9-18-13-6-4-3-5-11(12)13/h3-6,10,12,15H,7-9H2,1-2H3,(H,16,17). The second-order valence-electron chi connectivity index (χ2n) is 4.83. The van der Waals surface area contributed by atoms with Crippen molar-refractivity contribution in [2.24, 2.45) is 0 Å². The zero-order valence-electron chi connectivity index (χ0n) is 10.9. The van der Waals surface area contributed by atoms with Gasteiger partial charge in [-0.15, -0.1) is 0 Å². The first kappa shape index (κ1) is 12.9. The first-order chi connectivity index (χ1) is 8.66. The number of nitrogens with one attached hydrogen (secondary N) is 2. The van der Waals surface area contributed by atoms with Crippen LogP contribution in [0, 0.1) is 0 Å². The number of para-hydroxylation sites is 1. The van der Waals surface area contributed by atoms with Crippen LogP contribution in [0.2, 0.25) is 0 Å². The molecule has 1 aromatic rings. The molecule has 1 aliphatic heterocycles. The summed E-state index contributed by atoms with van der Waals surface area (Å²) in [7, 11) is 0. The maximum absolute atomic E-state index is 11.5. The van der Waals surface area contributed by atoms with E-state index in [2.05, 4.69) is 16.7 Å². The van der Waals surface area contributed by atoms with Gasteiger partial charge < -0.3 is 15.4 Å². The fourth-order valence-corrected chi connectivity index (χ4v) is 2.09. The van der Waals surface area contributed by atoms with E-state index < -0.39 is 0 Å². The first-order valence-corrected chi connectivity index (χ1v) is 6.41. The highest BCUT2D eigenvalue weighted by molar-refractivity contribution is 5.76. The third kappa shape index (κ3) is 3.23. The minimum absolute atomic E-state index is 0.0877. The Balaban J connectivity index is 1.77. The van der Waals surface area contributed by atoms with Gasteiger partial charge in [-0.25, -0.2) is 0 Å². The fraction of sp³-hybridized carbons (Fsp3) is 0.500. The number of carbonyl (C=O) groups excluding carboxylic acids is 1. The molecule has 0 radical (unpaired) electrons. The molecular formula is C14H20N2O2. The van der Waals surface area contributed by atoms with Gasteiger partial charge in [0.25, 0.3) is 0 Å². The molecule has 0 bridgehead atoms. The number of fused-ring (bicyclic) bond motifs is 1. The largest absolute Gasteiger partial charge is 0.491 e. The SMILES string of the molecule is CC(C)NC(=O)CCNC1COc2ccccc21. The van der Waals surface area contributed by atoms with Crippen molar-refractivity contribution in [1.29, 1.82) is 0 Å². The molecule has 2 rings (SSSR count). The van der Waals surface area contributed by atoms with E-state index in [4.69, 9.17) is 4.74 Å². The summed E-state index contributed by atoms with van der Waals surface area (Å²) in [6.45, 7) is 5.24. The van der Waals surface area contributed by atoms with E-state index in [0.29, 0.717) is 19.6 Å². The molecule has 2 N–H and O–H groups in total. The van der Waals surface area contributed by atoms with Gasteiger partial charge in [0.15, 0.2) is 0 Å². The second-order valence-corrected chi connectivity index (χ2v) is 4.83. The third-order valence-electron chi connectivity index (χ3n) is 2.89. The summed E-state index contributed by atoms with van der Waals surface area (Å²) < 4.78 is 5.57. The topological polar surface area (TPSA) is 50.4 Å². The van der Waals surface area contributed by atoms with Crippen LogP contribution in [0.3, 0.4) is 0 Å². The number of hydrogen-bond donors (Lipinski definition) is 2. The normalized spacial score (nSPS) is 17.4. The fourth-order valence-electron chi connectivity index (χ4n) is 2.09. The molecule has 4 heteroatoms. The minimum atomic E-state index is 0.0877. The quantitative estimate of drug-likeness (QED) is 0.832. The number of benzene rings is 1. The van der Waals surface area contributed by atoms with Gasteiger partial charge in [0.2, 0.25) is 5.91 Å². The Bertz CT molecular complexity index is 418. The van der Waals surface area contributed by atoms with E-state index in [-0.39, 0.29) is 18.0 Å². The van der Waals surface area contributed by atoms with E-state index in [1.165, 1.54) is 5.56 Å². The van der Waals surface area contributed by atoms with Gasteiger partial charge in [-0.2, -0.15) is 0 Å². The average Bonchev–Trinajstić information content (AvgIpc) is 2.72. The lowest BCUT2D eigenvalue weighted by Crippen LogP contribution is -2.33. The van der Waals surface area contributed by atoms with E-state index >= 15 is 0 Å². The van der Waals surface area contributed by atoms with Gasteiger partial charge in [0, 0.05) is 24.6 Å². The molecule has 1 heterocycles. The van der Waals surface area contributed by atoms with Crippen molar-refractivity contribution in [3.8, 4) is 5.75 Å². The summed E-state index contributed by atoms with van der Waals surface area (Å²) >= 11 is 0. The van der Waals surface area contributed by atoms with Crippen LogP contribution in [0.15, 0.2) is 24.3 Å². The first-order valence-electron chi connectivity index (χ1n) is 6.41. The Morgan fingerprint density at radius 2 is 2.22 bits per heavy atom. The molecule has 1 unspecified atom stereocenters. The van der Waals surface area contributed by atoms with Crippen molar-refractivity contribution >= 4 is 5.91 Å². The molecule has 0 saturated heterocycles. The Morgan fingerprint density at radius 1 is 1.44 bits per heavy atom. The zero-order valence-corrected chi connectivity index (χ0v) is 10.9. The highest BCUT2D eigenvalue weighted by Gasteiger charge is 2.22. The molecular weight excluding hydrogens is 228 g/mol. The van der Waals surface area contributed by atoms with Crippen LogP contribution in [0.4, 0.5) is 0 Å². The minimum Gasteiger partial charge on any atom is -0.491 e. The van der Waals surface area contributed by atoms with Crippen molar-refractivity contribution < 1.29 is 9.53 Å². The third-order valence-corrected chi connectivity index (χ3v) is 2.89. The van der Waals surface area contributed by atoms with E-state index in [1.54, 1.807) is 0 Å². The van der Waals surface area contributed by atoms with Crippen LogP contribution < -0.4 is 15.4 Å². The molecule has 1 amide bonds.